The van der Waals surface area contributed by atoms with Gasteiger partial charge in [-0.3, -0.25) is 10.1 Å². The second-order valence-electron chi connectivity index (χ2n) is 4.22. The Labute approximate surface area is 133 Å². The van der Waals surface area contributed by atoms with Crippen LogP contribution < -0.4 is 5.32 Å². The van der Waals surface area contributed by atoms with E-state index >= 15 is 0 Å². The van der Waals surface area contributed by atoms with Crippen molar-refractivity contribution < 1.29 is 9.21 Å². The number of carbonyl (C=O) groups is 1. The number of halogens is 1. The molecule has 3 aromatic rings. The van der Waals surface area contributed by atoms with Gasteiger partial charge < -0.3 is 4.42 Å². The van der Waals surface area contributed by atoms with Crippen LogP contribution in [0.4, 0.5) is 5.13 Å². The molecule has 1 aromatic carbocycles. The lowest BCUT2D eigenvalue weighted by Crippen LogP contribution is -2.10. The van der Waals surface area contributed by atoms with E-state index < -0.39 is 0 Å². The zero-order valence-electron chi connectivity index (χ0n) is 10.7. The molecular weight excluding hydrogens is 354 g/mol. The van der Waals surface area contributed by atoms with Gasteiger partial charge in [0.1, 0.15) is 5.01 Å². The van der Waals surface area contributed by atoms with E-state index in [0.29, 0.717) is 16.2 Å². The molecule has 21 heavy (non-hydrogen) atoms. The van der Waals surface area contributed by atoms with Crippen molar-refractivity contribution >= 4 is 38.3 Å². The minimum absolute atomic E-state index is 0.224. The number of furan rings is 1. The predicted octanol–water partition coefficient (Wildman–Crippen LogP) is 3.74. The van der Waals surface area contributed by atoms with Gasteiger partial charge in [0.25, 0.3) is 5.91 Å². The van der Waals surface area contributed by atoms with Crippen LogP contribution in [0.3, 0.4) is 0 Å². The first-order valence-corrected chi connectivity index (χ1v) is 7.74. The highest BCUT2D eigenvalue weighted by Crippen LogP contribution is 2.20. The van der Waals surface area contributed by atoms with Gasteiger partial charge in [-0.2, -0.15) is 0 Å². The Morgan fingerprint density at radius 2 is 2.00 bits per heavy atom. The molecule has 0 saturated heterocycles. The van der Waals surface area contributed by atoms with Crippen LogP contribution in [-0.2, 0) is 6.42 Å². The first-order valence-electron chi connectivity index (χ1n) is 6.14. The topological polar surface area (TPSA) is 68.0 Å². The second kappa shape index (κ2) is 6.19. The Balaban J connectivity index is 1.66. The summed E-state index contributed by atoms with van der Waals surface area (Å²) in [5.74, 6) is -0.121. The molecule has 5 nitrogen and oxygen atoms in total. The molecule has 0 aliphatic heterocycles. The molecule has 0 fully saturated rings. The molecular formula is C14H10BrN3O2S. The van der Waals surface area contributed by atoms with Crippen molar-refractivity contribution in [3.05, 3.63) is 63.5 Å². The molecule has 0 atom stereocenters. The van der Waals surface area contributed by atoms with Crippen LogP contribution in [0, 0.1) is 0 Å². The largest absolute Gasteiger partial charge is 0.444 e. The van der Waals surface area contributed by atoms with Crippen LogP contribution >= 0.6 is 27.3 Å². The van der Waals surface area contributed by atoms with Crippen LogP contribution in [0.1, 0.15) is 21.1 Å². The highest BCUT2D eigenvalue weighted by Gasteiger charge is 2.13. The molecule has 2 heterocycles. The first-order chi connectivity index (χ1) is 10.2. The number of hydrogen-bond acceptors (Lipinski definition) is 5. The van der Waals surface area contributed by atoms with E-state index in [9.17, 15) is 4.79 Å². The smallest absolute Gasteiger partial charge is 0.293 e. The molecule has 106 valence electrons. The summed E-state index contributed by atoms with van der Waals surface area (Å²) in [4.78, 5) is 11.9. The summed E-state index contributed by atoms with van der Waals surface area (Å²) in [6, 6.07) is 13.2. The molecule has 1 amide bonds. The fraction of sp³-hybridized carbons (Fsp3) is 0.0714. The van der Waals surface area contributed by atoms with Gasteiger partial charge in [0.15, 0.2) is 10.4 Å². The summed E-state index contributed by atoms with van der Waals surface area (Å²) in [6.07, 6.45) is 0.695. The minimum atomic E-state index is -0.344. The maximum atomic E-state index is 11.9. The quantitative estimate of drug-likeness (QED) is 0.766. The summed E-state index contributed by atoms with van der Waals surface area (Å²) < 4.78 is 5.69. The summed E-state index contributed by atoms with van der Waals surface area (Å²) in [5.41, 5.74) is 1.15. The van der Waals surface area contributed by atoms with E-state index in [1.807, 2.05) is 30.3 Å². The zero-order valence-corrected chi connectivity index (χ0v) is 13.1. The van der Waals surface area contributed by atoms with E-state index in [1.54, 1.807) is 12.1 Å². The Kier molecular flexibility index (Phi) is 4.12. The average molecular weight is 364 g/mol. The van der Waals surface area contributed by atoms with E-state index in [1.165, 1.54) is 11.3 Å². The van der Waals surface area contributed by atoms with Gasteiger partial charge in [-0.1, -0.05) is 41.7 Å². The normalized spacial score (nSPS) is 10.5. The van der Waals surface area contributed by atoms with E-state index in [2.05, 4.69) is 31.4 Å². The van der Waals surface area contributed by atoms with Crippen LogP contribution in [0.5, 0.6) is 0 Å². The third kappa shape index (κ3) is 3.56. The van der Waals surface area contributed by atoms with Crippen LogP contribution in [0.2, 0.25) is 0 Å². The van der Waals surface area contributed by atoms with Gasteiger partial charge in [0.05, 0.1) is 0 Å². The van der Waals surface area contributed by atoms with Gasteiger partial charge >= 0.3 is 0 Å². The van der Waals surface area contributed by atoms with Crippen molar-refractivity contribution in [1.29, 1.82) is 0 Å². The van der Waals surface area contributed by atoms with Gasteiger partial charge in [-0.15, -0.1) is 10.2 Å². The molecule has 0 aliphatic carbocycles. The molecule has 0 radical (unpaired) electrons. The second-order valence-corrected chi connectivity index (χ2v) is 6.06. The number of aromatic nitrogens is 2. The molecule has 1 N–H and O–H groups in total. The van der Waals surface area contributed by atoms with Crippen molar-refractivity contribution in [2.75, 3.05) is 5.32 Å². The number of benzene rings is 1. The summed E-state index contributed by atoms with van der Waals surface area (Å²) in [6.45, 7) is 0. The Bertz CT molecular complexity index is 754. The number of carbonyl (C=O) groups excluding carboxylic acids is 1. The van der Waals surface area contributed by atoms with Gasteiger partial charge in [-0.05, 0) is 33.6 Å². The summed E-state index contributed by atoms with van der Waals surface area (Å²) in [5, 5.41) is 12.0. The highest BCUT2D eigenvalue weighted by molar-refractivity contribution is 9.10. The predicted molar refractivity (Wildman–Crippen MR) is 83.5 cm³/mol. The van der Waals surface area contributed by atoms with Crippen LogP contribution in [-0.4, -0.2) is 16.1 Å². The number of nitrogens with zero attached hydrogens (tertiary/aromatic N) is 2. The lowest BCUT2D eigenvalue weighted by atomic mass is 10.2. The number of hydrogen-bond donors (Lipinski definition) is 1. The van der Waals surface area contributed by atoms with Crippen LogP contribution in [0.15, 0.2) is 51.6 Å². The lowest BCUT2D eigenvalue weighted by molar-refractivity contribution is 0.0995. The lowest BCUT2D eigenvalue weighted by Gasteiger charge is -1.96. The SMILES string of the molecule is O=C(Nc1nnc(Cc2ccccc2)s1)c1ccc(Br)o1. The van der Waals surface area contributed by atoms with E-state index in [4.69, 9.17) is 4.42 Å². The Morgan fingerprint density at radius 1 is 1.19 bits per heavy atom. The van der Waals surface area contributed by atoms with E-state index in [-0.39, 0.29) is 11.7 Å². The number of anilines is 1. The van der Waals surface area contributed by atoms with E-state index in [0.717, 1.165) is 10.6 Å². The number of nitrogens with one attached hydrogen (secondary N) is 1. The standard InChI is InChI=1S/C14H10BrN3O2S/c15-11-7-6-10(20-11)13(19)16-14-18-17-12(21-14)8-9-4-2-1-3-5-9/h1-7H,8H2,(H,16,18,19). The fourth-order valence-electron chi connectivity index (χ4n) is 1.74. The maximum Gasteiger partial charge on any atom is 0.293 e. The Morgan fingerprint density at radius 3 is 2.71 bits per heavy atom. The monoisotopic (exact) mass is 363 g/mol. The third-order valence-electron chi connectivity index (χ3n) is 2.68. The van der Waals surface area contributed by atoms with Crippen molar-refractivity contribution in [3.8, 4) is 0 Å². The van der Waals surface area contributed by atoms with Gasteiger partial charge in [0, 0.05) is 6.42 Å². The fourth-order valence-corrected chi connectivity index (χ4v) is 2.82. The molecule has 2 aromatic heterocycles. The third-order valence-corrected chi connectivity index (χ3v) is 3.95. The van der Waals surface area contributed by atoms with Crippen molar-refractivity contribution in [3.63, 3.8) is 0 Å². The molecule has 0 spiro atoms. The maximum absolute atomic E-state index is 11.9. The molecule has 0 saturated carbocycles. The number of rotatable bonds is 4. The summed E-state index contributed by atoms with van der Waals surface area (Å²) >= 11 is 4.50. The highest BCUT2D eigenvalue weighted by atomic mass is 79.9. The average Bonchev–Trinajstić information content (AvgIpc) is 3.09. The van der Waals surface area contributed by atoms with Gasteiger partial charge in [-0.25, -0.2) is 0 Å². The Hall–Kier alpha value is -1.99. The number of amides is 1. The first kappa shape index (κ1) is 14.0. The molecule has 0 aliphatic rings. The molecule has 0 unspecified atom stereocenters. The van der Waals surface area contributed by atoms with Crippen molar-refractivity contribution in [2.24, 2.45) is 0 Å². The molecule has 0 bridgehead atoms. The van der Waals surface area contributed by atoms with Crippen molar-refractivity contribution in [2.45, 2.75) is 6.42 Å². The zero-order chi connectivity index (χ0) is 14.7. The molecule has 3 rings (SSSR count). The van der Waals surface area contributed by atoms with Crippen molar-refractivity contribution in [1.82, 2.24) is 10.2 Å². The summed E-state index contributed by atoms with van der Waals surface area (Å²) in [7, 11) is 0. The van der Waals surface area contributed by atoms with Gasteiger partial charge in [0.2, 0.25) is 5.13 Å². The molecule has 7 heteroatoms. The van der Waals surface area contributed by atoms with Crippen LogP contribution in [0.25, 0.3) is 0 Å². The minimum Gasteiger partial charge on any atom is -0.444 e.